The van der Waals surface area contributed by atoms with Gasteiger partial charge in [0.2, 0.25) is 5.91 Å². The minimum absolute atomic E-state index is 0.0200. The topological polar surface area (TPSA) is 33.2 Å². The molecule has 2 aromatic rings. The van der Waals surface area contributed by atoms with Crippen LogP contribution in [0.15, 0.2) is 42.7 Å². The monoisotopic (exact) mass is 284 g/mol. The molecule has 0 saturated heterocycles. The molecule has 100 valence electrons. The van der Waals surface area contributed by atoms with E-state index < -0.39 is 0 Å². The highest BCUT2D eigenvalue weighted by molar-refractivity contribution is 6.31. The van der Waals surface area contributed by atoms with Gasteiger partial charge in [-0.1, -0.05) is 17.7 Å². The number of carbonyl (C=O) groups is 1. The number of carbonyl (C=O) groups excluding carboxylic acids is 1. The van der Waals surface area contributed by atoms with Crippen LogP contribution < -0.4 is 4.90 Å². The largest absolute Gasteiger partial charge is 0.308 e. The molecule has 3 rings (SSSR count). The molecule has 0 fully saturated rings. The van der Waals surface area contributed by atoms with Crippen LogP contribution in [0.3, 0.4) is 0 Å². The van der Waals surface area contributed by atoms with Gasteiger partial charge in [0, 0.05) is 29.9 Å². The Bertz CT molecular complexity index is 695. The Hall–Kier alpha value is -2.13. The van der Waals surface area contributed by atoms with Crippen LogP contribution in [0.4, 0.5) is 5.69 Å². The van der Waals surface area contributed by atoms with Gasteiger partial charge in [0.15, 0.2) is 0 Å². The first-order valence-electron chi connectivity index (χ1n) is 6.34. The van der Waals surface area contributed by atoms with Gasteiger partial charge in [-0.2, -0.15) is 0 Å². The van der Waals surface area contributed by atoms with Crippen LogP contribution in [0.1, 0.15) is 18.1 Å². The molecule has 4 heteroatoms. The fourth-order valence-electron chi connectivity index (χ4n) is 2.41. The number of aromatic nitrogens is 1. The number of anilines is 1. The lowest BCUT2D eigenvalue weighted by Crippen LogP contribution is -2.25. The Morgan fingerprint density at radius 2 is 2.05 bits per heavy atom. The fraction of sp³-hybridized carbons (Fsp3) is 0.125. The molecule has 1 aromatic heterocycles. The van der Waals surface area contributed by atoms with E-state index in [0.717, 1.165) is 22.4 Å². The van der Waals surface area contributed by atoms with Gasteiger partial charge in [-0.05, 0) is 41.5 Å². The number of halogens is 1. The predicted molar refractivity (Wildman–Crippen MR) is 81.6 cm³/mol. The zero-order valence-corrected chi connectivity index (χ0v) is 11.8. The molecule has 1 aromatic carbocycles. The Labute approximate surface area is 122 Å². The first kappa shape index (κ1) is 12.9. The number of hydrogen-bond acceptors (Lipinski definition) is 2. The van der Waals surface area contributed by atoms with E-state index in [2.05, 4.69) is 11.1 Å². The quantitative estimate of drug-likeness (QED) is 0.801. The van der Waals surface area contributed by atoms with Crippen molar-refractivity contribution < 1.29 is 4.79 Å². The summed E-state index contributed by atoms with van der Waals surface area (Å²) in [5, 5.41) is 0.639. The van der Waals surface area contributed by atoms with Crippen LogP contribution in [-0.2, 0) is 4.79 Å². The Morgan fingerprint density at radius 1 is 1.30 bits per heavy atom. The molecule has 20 heavy (non-hydrogen) atoms. The number of amides is 1. The van der Waals surface area contributed by atoms with Crippen molar-refractivity contribution in [1.29, 1.82) is 0 Å². The van der Waals surface area contributed by atoms with Crippen molar-refractivity contribution >= 4 is 34.8 Å². The number of nitrogens with zero attached hydrogens (tertiary/aromatic N) is 2. The molecule has 0 bridgehead atoms. The van der Waals surface area contributed by atoms with Crippen molar-refractivity contribution in [2.45, 2.75) is 6.92 Å². The van der Waals surface area contributed by atoms with Crippen molar-refractivity contribution in [1.82, 2.24) is 4.98 Å². The maximum absolute atomic E-state index is 11.8. The lowest BCUT2D eigenvalue weighted by molar-refractivity contribution is -0.116. The van der Waals surface area contributed by atoms with Gasteiger partial charge in [-0.25, -0.2) is 0 Å². The smallest absolute Gasteiger partial charge is 0.224 e. The summed E-state index contributed by atoms with van der Waals surface area (Å²) in [7, 11) is 0. The van der Waals surface area contributed by atoms with Crippen molar-refractivity contribution in [3.63, 3.8) is 0 Å². The van der Waals surface area contributed by atoms with Crippen LogP contribution >= 0.6 is 11.6 Å². The summed E-state index contributed by atoms with van der Waals surface area (Å²) in [5.41, 5.74) is 4.12. The molecule has 0 saturated carbocycles. The van der Waals surface area contributed by atoms with Crippen molar-refractivity contribution in [2.75, 3.05) is 11.4 Å². The average molecular weight is 285 g/mol. The molecule has 0 atom stereocenters. The second-order valence-electron chi connectivity index (χ2n) is 4.72. The minimum Gasteiger partial charge on any atom is -0.308 e. The summed E-state index contributed by atoms with van der Waals surface area (Å²) in [4.78, 5) is 17.5. The van der Waals surface area contributed by atoms with E-state index in [4.69, 9.17) is 11.6 Å². The summed E-state index contributed by atoms with van der Waals surface area (Å²) in [6.45, 7) is 2.15. The summed E-state index contributed by atoms with van der Waals surface area (Å²) < 4.78 is 0. The number of pyridine rings is 1. The second-order valence-corrected chi connectivity index (χ2v) is 5.15. The highest BCUT2D eigenvalue weighted by Crippen LogP contribution is 2.38. The van der Waals surface area contributed by atoms with Crippen molar-refractivity contribution in [3.05, 3.63) is 58.9 Å². The summed E-state index contributed by atoms with van der Waals surface area (Å²) in [6, 6.07) is 9.54. The standard InChI is InChI=1S/C16H13ClN2O/c1-11(20)19-10-13(8-12-4-6-18-7-5-12)15-3-2-14(17)9-16(15)19/h2-9H,10H2,1H3/b13-8-. The maximum Gasteiger partial charge on any atom is 0.224 e. The third-order valence-electron chi connectivity index (χ3n) is 3.35. The molecule has 1 amide bonds. The molecule has 0 N–H and O–H groups in total. The van der Waals surface area contributed by atoms with E-state index in [1.807, 2.05) is 30.3 Å². The van der Waals surface area contributed by atoms with Gasteiger partial charge >= 0.3 is 0 Å². The zero-order chi connectivity index (χ0) is 14.1. The predicted octanol–water partition coefficient (Wildman–Crippen LogP) is 3.64. The third-order valence-corrected chi connectivity index (χ3v) is 3.59. The first-order valence-corrected chi connectivity index (χ1v) is 6.71. The summed E-state index contributed by atoms with van der Waals surface area (Å²) >= 11 is 6.04. The van der Waals surface area contributed by atoms with E-state index in [-0.39, 0.29) is 5.91 Å². The summed E-state index contributed by atoms with van der Waals surface area (Å²) in [6.07, 6.45) is 5.59. The highest BCUT2D eigenvalue weighted by atomic mass is 35.5. The van der Waals surface area contributed by atoms with Crippen LogP contribution in [0, 0.1) is 0 Å². The highest BCUT2D eigenvalue weighted by Gasteiger charge is 2.26. The van der Waals surface area contributed by atoms with Crippen molar-refractivity contribution in [2.24, 2.45) is 0 Å². The molecule has 3 nitrogen and oxygen atoms in total. The number of rotatable bonds is 1. The van der Waals surface area contributed by atoms with E-state index >= 15 is 0 Å². The van der Waals surface area contributed by atoms with Crippen LogP contribution in [0.2, 0.25) is 5.02 Å². The van der Waals surface area contributed by atoms with E-state index in [0.29, 0.717) is 11.6 Å². The van der Waals surface area contributed by atoms with Crippen LogP contribution in [0.25, 0.3) is 11.6 Å². The molecule has 0 spiro atoms. The van der Waals surface area contributed by atoms with E-state index in [9.17, 15) is 4.79 Å². The zero-order valence-electron chi connectivity index (χ0n) is 11.0. The van der Waals surface area contributed by atoms with Crippen LogP contribution in [-0.4, -0.2) is 17.4 Å². The Kier molecular flexibility index (Phi) is 3.28. The van der Waals surface area contributed by atoms with E-state index in [1.165, 1.54) is 0 Å². The molecular weight excluding hydrogens is 272 g/mol. The van der Waals surface area contributed by atoms with Gasteiger partial charge in [-0.3, -0.25) is 9.78 Å². The summed E-state index contributed by atoms with van der Waals surface area (Å²) in [5.74, 6) is 0.0200. The number of benzene rings is 1. The van der Waals surface area contributed by atoms with Gasteiger partial charge in [0.05, 0.1) is 12.2 Å². The maximum atomic E-state index is 11.8. The lowest BCUT2D eigenvalue weighted by Gasteiger charge is -2.14. The number of hydrogen-bond donors (Lipinski definition) is 0. The molecule has 1 aliphatic heterocycles. The first-order chi connectivity index (χ1) is 9.65. The molecule has 0 unspecified atom stereocenters. The van der Waals surface area contributed by atoms with Crippen molar-refractivity contribution in [3.8, 4) is 0 Å². The third kappa shape index (κ3) is 2.32. The van der Waals surface area contributed by atoms with Gasteiger partial charge < -0.3 is 4.90 Å². The van der Waals surface area contributed by atoms with Gasteiger partial charge in [-0.15, -0.1) is 0 Å². The normalized spacial score (nSPS) is 15.5. The molecular formula is C16H13ClN2O. The SMILES string of the molecule is CC(=O)N1C/C(=C/c2ccncc2)c2ccc(Cl)cc21. The Balaban J connectivity index is 2.09. The van der Waals surface area contributed by atoms with Crippen LogP contribution in [0.5, 0.6) is 0 Å². The molecule has 0 radical (unpaired) electrons. The fourth-order valence-corrected chi connectivity index (χ4v) is 2.57. The minimum atomic E-state index is 0.0200. The molecule has 0 aliphatic carbocycles. The van der Waals surface area contributed by atoms with Gasteiger partial charge in [0.25, 0.3) is 0 Å². The average Bonchev–Trinajstić information content (AvgIpc) is 2.78. The second kappa shape index (κ2) is 5.10. The number of fused-ring (bicyclic) bond motifs is 1. The lowest BCUT2D eigenvalue weighted by atomic mass is 10.1. The Morgan fingerprint density at radius 3 is 2.75 bits per heavy atom. The molecule has 1 aliphatic rings. The van der Waals surface area contributed by atoms with E-state index in [1.54, 1.807) is 24.2 Å². The van der Waals surface area contributed by atoms with Gasteiger partial charge in [0.1, 0.15) is 0 Å². The molecule has 2 heterocycles.